The third-order valence-corrected chi connectivity index (χ3v) is 4.48. The van der Waals surface area contributed by atoms with E-state index in [-0.39, 0.29) is 22.9 Å². The Hall–Kier alpha value is -1.93. The van der Waals surface area contributed by atoms with Gasteiger partial charge in [0.05, 0.1) is 4.90 Å². The van der Waals surface area contributed by atoms with Crippen LogP contribution in [0.1, 0.15) is 24.2 Å². The minimum absolute atomic E-state index is 0.0241. The number of rotatable bonds is 7. The molecule has 21 heavy (non-hydrogen) atoms. The lowest BCUT2D eigenvalue weighted by Crippen LogP contribution is -2.38. The van der Waals surface area contributed by atoms with Crippen LogP contribution in [0.25, 0.3) is 0 Å². The van der Waals surface area contributed by atoms with Gasteiger partial charge in [-0.1, -0.05) is 13.8 Å². The monoisotopic (exact) mass is 314 g/mol. The summed E-state index contributed by atoms with van der Waals surface area (Å²) in [5.41, 5.74) is 5.27. The highest BCUT2D eigenvalue weighted by Gasteiger charge is 2.27. The Morgan fingerprint density at radius 2 is 1.76 bits per heavy atom. The van der Waals surface area contributed by atoms with Gasteiger partial charge in [0.25, 0.3) is 0 Å². The summed E-state index contributed by atoms with van der Waals surface area (Å²) >= 11 is 0. The summed E-state index contributed by atoms with van der Waals surface area (Å²) in [6.07, 6.45) is 0. The number of carboxylic acids is 1. The zero-order chi connectivity index (χ0) is 16.2. The third kappa shape index (κ3) is 4.54. The SMILES string of the molecule is CC(C)CN(CC(=O)O)S(=O)(=O)c1ccc(C(N)=O)cc1. The number of hydrogen-bond donors (Lipinski definition) is 2. The molecule has 0 aliphatic rings. The number of aliphatic carboxylic acids is 1. The number of amides is 1. The summed E-state index contributed by atoms with van der Waals surface area (Å²) in [5, 5.41) is 8.86. The zero-order valence-electron chi connectivity index (χ0n) is 11.8. The number of nitrogens with two attached hydrogens (primary N) is 1. The lowest BCUT2D eigenvalue weighted by molar-refractivity contribution is -0.137. The molecule has 1 amide bonds. The van der Waals surface area contributed by atoms with E-state index in [9.17, 15) is 18.0 Å². The van der Waals surface area contributed by atoms with Gasteiger partial charge < -0.3 is 10.8 Å². The van der Waals surface area contributed by atoms with Gasteiger partial charge in [-0.15, -0.1) is 0 Å². The summed E-state index contributed by atoms with van der Waals surface area (Å²) in [6.45, 7) is 3.06. The number of sulfonamides is 1. The molecule has 0 aliphatic heterocycles. The van der Waals surface area contributed by atoms with E-state index in [4.69, 9.17) is 10.8 Å². The van der Waals surface area contributed by atoms with Gasteiger partial charge in [-0.25, -0.2) is 8.42 Å². The minimum atomic E-state index is -3.93. The molecule has 0 fully saturated rings. The van der Waals surface area contributed by atoms with Gasteiger partial charge in [0.1, 0.15) is 6.54 Å². The van der Waals surface area contributed by atoms with Crippen molar-refractivity contribution >= 4 is 21.9 Å². The Labute approximate surface area is 123 Å². The number of carbonyl (C=O) groups excluding carboxylic acids is 1. The molecule has 1 aromatic carbocycles. The van der Waals surface area contributed by atoms with E-state index in [1.165, 1.54) is 24.3 Å². The van der Waals surface area contributed by atoms with E-state index in [1.54, 1.807) is 13.8 Å². The Balaban J connectivity index is 3.15. The maximum Gasteiger partial charge on any atom is 0.318 e. The van der Waals surface area contributed by atoms with Crippen molar-refractivity contribution in [2.45, 2.75) is 18.7 Å². The highest BCUT2D eigenvalue weighted by atomic mass is 32.2. The fourth-order valence-corrected chi connectivity index (χ4v) is 3.30. The van der Waals surface area contributed by atoms with Gasteiger partial charge in [0.15, 0.2) is 0 Å². The van der Waals surface area contributed by atoms with Gasteiger partial charge in [0, 0.05) is 12.1 Å². The van der Waals surface area contributed by atoms with Crippen molar-refractivity contribution in [3.8, 4) is 0 Å². The number of carboxylic acid groups (broad SMARTS) is 1. The molecule has 0 aliphatic carbocycles. The number of nitrogens with zero attached hydrogens (tertiary/aromatic N) is 1. The molecule has 0 spiro atoms. The second-order valence-electron chi connectivity index (χ2n) is 4.97. The van der Waals surface area contributed by atoms with Crippen LogP contribution in [0.5, 0.6) is 0 Å². The van der Waals surface area contributed by atoms with Crippen LogP contribution in [0.4, 0.5) is 0 Å². The topological polar surface area (TPSA) is 118 Å². The quantitative estimate of drug-likeness (QED) is 0.760. The predicted molar refractivity (Wildman–Crippen MR) is 76.2 cm³/mol. The highest BCUT2D eigenvalue weighted by molar-refractivity contribution is 7.89. The van der Waals surface area contributed by atoms with Gasteiger partial charge in [-0.05, 0) is 30.2 Å². The third-order valence-electron chi connectivity index (χ3n) is 2.66. The van der Waals surface area contributed by atoms with E-state index in [2.05, 4.69) is 0 Å². The summed E-state index contributed by atoms with van der Waals surface area (Å²) in [4.78, 5) is 21.7. The fraction of sp³-hybridized carbons (Fsp3) is 0.385. The van der Waals surface area contributed by atoms with Crippen LogP contribution in [0.15, 0.2) is 29.2 Å². The van der Waals surface area contributed by atoms with Crippen molar-refractivity contribution in [2.24, 2.45) is 11.7 Å². The molecule has 1 rings (SSSR count). The molecule has 1 aromatic rings. The Morgan fingerprint density at radius 1 is 1.24 bits per heavy atom. The van der Waals surface area contributed by atoms with Crippen LogP contribution < -0.4 is 5.73 Å². The summed E-state index contributed by atoms with van der Waals surface area (Å²) in [7, 11) is -3.93. The molecule has 0 unspecified atom stereocenters. The molecule has 7 nitrogen and oxygen atoms in total. The molecular formula is C13H18N2O5S. The normalized spacial score (nSPS) is 11.8. The Bertz CT molecular complexity index is 622. The van der Waals surface area contributed by atoms with Crippen molar-refractivity contribution < 1.29 is 23.1 Å². The number of benzene rings is 1. The zero-order valence-corrected chi connectivity index (χ0v) is 12.6. The van der Waals surface area contributed by atoms with Gasteiger partial charge in [-0.2, -0.15) is 4.31 Å². The standard InChI is InChI=1S/C13H18N2O5S/c1-9(2)7-15(8-12(16)17)21(19,20)11-5-3-10(4-6-11)13(14)18/h3-6,9H,7-8H2,1-2H3,(H2,14,18)(H,16,17). The van der Waals surface area contributed by atoms with Crippen molar-refractivity contribution in [3.05, 3.63) is 29.8 Å². The lowest BCUT2D eigenvalue weighted by Gasteiger charge is -2.22. The molecule has 3 N–H and O–H groups in total. The van der Waals surface area contributed by atoms with Crippen LogP contribution >= 0.6 is 0 Å². The number of primary amides is 1. The van der Waals surface area contributed by atoms with Crippen LogP contribution in [0.3, 0.4) is 0 Å². The average molecular weight is 314 g/mol. The molecule has 0 saturated carbocycles. The molecule has 0 radical (unpaired) electrons. The molecule has 0 saturated heterocycles. The Morgan fingerprint density at radius 3 is 2.14 bits per heavy atom. The number of carbonyl (C=O) groups is 2. The summed E-state index contributed by atoms with van der Waals surface area (Å²) in [5.74, 6) is -1.92. The molecular weight excluding hydrogens is 296 g/mol. The largest absolute Gasteiger partial charge is 0.480 e. The second kappa shape index (κ2) is 6.68. The maximum absolute atomic E-state index is 12.4. The maximum atomic E-state index is 12.4. The summed E-state index contributed by atoms with van der Waals surface area (Å²) in [6, 6.07) is 5.07. The smallest absolute Gasteiger partial charge is 0.318 e. The Kier molecular flexibility index (Phi) is 5.45. The minimum Gasteiger partial charge on any atom is -0.480 e. The first kappa shape index (κ1) is 17.1. The lowest BCUT2D eigenvalue weighted by atomic mass is 10.2. The molecule has 0 atom stereocenters. The van der Waals surface area contributed by atoms with Crippen molar-refractivity contribution in [2.75, 3.05) is 13.1 Å². The van der Waals surface area contributed by atoms with Crippen LogP contribution in [0, 0.1) is 5.92 Å². The van der Waals surface area contributed by atoms with E-state index in [0.717, 1.165) is 4.31 Å². The van der Waals surface area contributed by atoms with Crippen molar-refractivity contribution in [3.63, 3.8) is 0 Å². The van der Waals surface area contributed by atoms with Crippen LogP contribution in [0.2, 0.25) is 0 Å². The van der Waals surface area contributed by atoms with E-state index >= 15 is 0 Å². The van der Waals surface area contributed by atoms with E-state index in [0.29, 0.717) is 0 Å². The van der Waals surface area contributed by atoms with Gasteiger partial charge in [0.2, 0.25) is 15.9 Å². The molecule has 116 valence electrons. The first-order valence-corrected chi connectivity index (χ1v) is 7.70. The van der Waals surface area contributed by atoms with Gasteiger partial charge >= 0.3 is 5.97 Å². The first-order chi connectivity index (χ1) is 9.64. The molecule has 0 aromatic heterocycles. The number of hydrogen-bond acceptors (Lipinski definition) is 4. The molecule has 0 heterocycles. The predicted octanol–water partition coefficient (Wildman–Crippen LogP) is 0.517. The average Bonchev–Trinajstić information content (AvgIpc) is 2.37. The van der Waals surface area contributed by atoms with Crippen molar-refractivity contribution in [1.29, 1.82) is 0 Å². The van der Waals surface area contributed by atoms with Crippen molar-refractivity contribution in [1.82, 2.24) is 4.31 Å². The summed E-state index contributed by atoms with van der Waals surface area (Å²) < 4.78 is 25.8. The van der Waals surface area contributed by atoms with E-state index < -0.39 is 28.4 Å². The van der Waals surface area contributed by atoms with Crippen LogP contribution in [-0.2, 0) is 14.8 Å². The second-order valence-corrected chi connectivity index (χ2v) is 6.91. The molecule has 0 bridgehead atoms. The fourth-order valence-electron chi connectivity index (χ4n) is 1.75. The first-order valence-electron chi connectivity index (χ1n) is 6.26. The highest BCUT2D eigenvalue weighted by Crippen LogP contribution is 2.17. The van der Waals surface area contributed by atoms with E-state index in [1.807, 2.05) is 0 Å². The van der Waals surface area contributed by atoms with Gasteiger partial charge in [-0.3, -0.25) is 9.59 Å². The molecule has 8 heteroatoms. The van der Waals surface area contributed by atoms with Crippen LogP contribution in [-0.4, -0.2) is 42.8 Å².